The molecule has 3 fully saturated rings. The normalized spacial score (nSPS) is 28.2. The Morgan fingerprint density at radius 1 is 0.422 bits per heavy atom. The lowest BCUT2D eigenvalue weighted by molar-refractivity contribution is -0.374. The predicted molar refractivity (Wildman–Crippen MR) is 276 cm³/mol. The van der Waals surface area contributed by atoms with Crippen molar-refractivity contribution < 1.29 is 138 Å². The molecule has 3 aliphatic heterocycles. The topological polar surface area (TPSA) is 374 Å². The molecule has 0 saturated carbocycles. The smallest absolute Gasteiger partial charge is 0.408 e. The second-order valence-corrected chi connectivity index (χ2v) is 27.3. The van der Waals surface area contributed by atoms with Gasteiger partial charge in [0.25, 0.3) is 0 Å². The molecule has 31 heteroatoms. The van der Waals surface area contributed by atoms with E-state index in [0.717, 1.165) is 69.2 Å². The van der Waals surface area contributed by atoms with Gasteiger partial charge in [-0.05, 0) is 39.7 Å². The van der Waals surface area contributed by atoms with Gasteiger partial charge in [0.1, 0.15) is 62.0 Å². The molecule has 3 heterocycles. The van der Waals surface area contributed by atoms with Gasteiger partial charge in [-0.1, -0.05) is 19.6 Å². The fourth-order valence-corrected chi connectivity index (χ4v) is 9.42. The number of hydrogen-bond acceptors (Lipinski definition) is 29. The number of rotatable bonds is 25. The Morgan fingerprint density at radius 3 is 1.11 bits per heavy atom. The highest BCUT2D eigenvalue weighted by Gasteiger charge is 2.60. The first-order valence-corrected chi connectivity index (χ1v) is 30.2. The van der Waals surface area contributed by atoms with Gasteiger partial charge in [-0.2, -0.15) is 0 Å². The maximum Gasteiger partial charge on any atom is 0.408 e. The van der Waals surface area contributed by atoms with Crippen molar-refractivity contribution in [3.63, 3.8) is 0 Å². The van der Waals surface area contributed by atoms with Crippen LogP contribution in [0.15, 0.2) is 0 Å². The fourth-order valence-electron chi connectivity index (χ4n) is 8.71. The van der Waals surface area contributed by atoms with Crippen LogP contribution in [0.1, 0.15) is 103 Å². The van der Waals surface area contributed by atoms with Gasteiger partial charge in [0.15, 0.2) is 55.3 Å². The highest BCUT2D eigenvalue weighted by atomic mass is 28.3. The first-order valence-electron chi connectivity index (χ1n) is 26.5. The van der Waals surface area contributed by atoms with Crippen molar-refractivity contribution in [1.82, 2.24) is 5.32 Å². The number of nitrogens with one attached hydrogen (secondary N) is 1. The molecule has 0 bridgehead atoms. The summed E-state index contributed by atoms with van der Waals surface area (Å²) in [5.74, 6) is -10.6. The minimum atomic E-state index is -2.09. The fraction of sp³-hybridized carbons (Fsp3) is 0.769. The molecule has 470 valence electrons. The maximum absolute atomic E-state index is 13.7. The van der Waals surface area contributed by atoms with Gasteiger partial charge in [-0.3, -0.25) is 47.9 Å². The van der Waals surface area contributed by atoms with Crippen molar-refractivity contribution in [3.8, 4) is 0 Å². The van der Waals surface area contributed by atoms with E-state index in [0.29, 0.717) is 6.04 Å². The molecular weight excluding hydrogens is 1130 g/mol. The van der Waals surface area contributed by atoms with Crippen LogP contribution in [-0.4, -0.2) is 210 Å². The van der Waals surface area contributed by atoms with Crippen LogP contribution in [0.3, 0.4) is 0 Å². The second-order valence-electron chi connectivity index (χ2n) is 21.7. The van der Waals surface area contributed by atoms with E-state index in [1.165, 1.54) is 0 Å². The number of amides is 1. The standard InChI is InChI=1S/C52H79NO29Si/c1-24(54)67-21-36-41(43(72-29(6)59)39(70-27(4)57)35(77-36)18-17-34(53-51(65)82-52(11,12)13)48(64)66-19-20-83(14,15)16)80-50-47(76-33(10)63)45(74-31(8)61)42(38(79-50)23-69-26(3)56)81-49-46(75-32(9)62)44(73-30(7)60)40(71-28(5)58)37(78-49)22-68-25(2)55/h34-47,49-50H,17-23H2,1-16H3,(H,53,65)/t34-,35+,36-,37-,38-,39+,40+,41-,42+,43-,44+,45+,46-,47-,49-,50+/m1/s1. The lowest BCUT2D eigenvalue weighted by atomic mass is 9.90. The Labute approximate surface area is 480 Å². The van der Waals surface area contributed by atoms with Crippen LogP contribution in [-0.2, 0) is 133 Å². The summed E-state index contributed by atoms with van der Waals surface area (Å²) in [5, 5.41) is 2.52. The van der Waals surface area contributed by atoms with Gasteiger partial charge in [-0.25, -0.2) is 9.59 Å². The van der Waals surface area contributed by atoms with Crippen LogP contribution >= 0.6 is 0 Å². The van der Waals surface area contributed by atoms with Gasteiger partial charge in [0.2, 0.25) is 0 Å². The summed E-state index contributed by atoms with van der Waals surface area (Å²) < 4.78 is 98.8. The van der Waals surface area contributed by atoms with Crippen LogP contribution in [0, 0.1) is 0 Å². The average molecular weight is 1210 g/mol. The summed E-state index contributed by atoms with van der Waals surface area (Å²) in [6, 6.07) is -0.832. The van der Waals surface area contributed by atoms with E-state index in [-0.39, 0.29) is 19.4 Å². The summed E-state index contributed by atoms with van der Waals surface area (Å²) in [7, 11) is -1.73. The Bertz CT molecular complexity index is 2320. The Balaban J connectivity index is 2.30. The van der Waals surface area contributed by atoms with Crippen molar-refractivity contribution in [2.75, 3.05) is 26.4 Å². The molecule has 83 heavy (non-hydrogen) atoms. The molecule has 0 aromatic heterocycles. The van der Waals surface area contributed by atoms with Gasteiger partial charge in [0, 0.05) is 77.3 Å². The minimum absolute atomic E-state index is 0.0233. The Hall–Kier alpha value is -6.54. The molecule has 1 amide bonds. The minimum Gasteiger partial charge on any atom is -0.464 e. The molecule has 0 spiro atoms. The van der Waals surface area contributed by atoms with Crippen LogP contribution in [0.25, 0.3) is 0 Å². The van der Waals surface area contributed by atoms with Gasteiger partial charge >= 0.3 is 71.8 Å². The van der Waals surface area contributed by atoms with Gasteiger partial charge in [0.05, 0.1) is 12.7 Å². The largest absolute Gasteiger partial charge is 0.464 e. The number of carbonyl (C=O) groups excluding carboxylic acids is 12. The Kier molecular flexibility index (Phi) is 27.2. The van der Waals surface area contributed by atoms with Crippen LogP contribution in [0.2, 0.25) is 25.7 Å². The molecule has 30 nitrogen and oxygen atoms in total. The van der Waals surface area contributed by atoms with Crippen molar-refractivity contribution in [2.45, 2.75) is 232 Å². The molecule has 3 saturated heterocycles. The van der Waals surface area contributed by atoms with E-state index in [1.807, 2.05) is 0 Å². The zero-order valence-corrected chi connectivity index (χ0v) is 50.5. The van der Waals surface area contributed by atoms with E-state index in [4.69, 9.17) is 80.5 Å². The molecule has 0 aromatic rings. The van der Waals surface area contributed by atoms with E-state index in [9.17, 15) is 57.5 Å². The van der Waals surface area contributed by atoms with E-state index < -0.39 is 203 Å². The molecule has 16 atom stereocenters. The second kappa shape index (κ2) is 31.9. The first kappa shape index (κ1) is 70.7. The van der Waals surface area contributed by atoms with Crippen molar-refractivity contribution in [2.24, 2.45) is 0 Å². The highest BCUT2D eigenvalue weighted by molar-refractivity contribution is 6.76. The third kappa shape index (κ3) is 24.3. The van der Waals surface area contributed by atoms with Crippen molar-refractivity contribution in [1.29, 1.82) is 0 Å². The lowest BCUT2D eigenvalue weighted by Gasteiger charge is -2.50. The molecule has 3 rings (SSSR count). The Morgan fingerprint density at radius 2 is 0.747 bits per heavy atom. The zero-order chi connectivity index (χ0) is 62.8. The third-order valence-electron chi connectivity index (χ3n) is 11.8. The molecular formula is C52H79NO29Si. The molecule has 0 unspecified atom stereocenters. The van der Waals surface area contributed by atoms with Crippen LogP contribution in [0.5, 0.6) is 0 Å². The molecule has 1 N–H and O–H groups in total. The van der Waals surface area contributed by atoms with E-state index >= 15 is 0 Å². The van der Waals surface area contributed by atoms with Crippen molar-refractivity contribution >= 4 is 79.8 Å². The molecule has 0 radical (unpaired) electrons. The number of esters is 11. The average Bonchev–Trinajstić information content (AvgIpc) is 3.53. The molecule has 3 aliphatic rings. The van der Waals surface area contributed by atoms with E-state index in [2.05, 4.69) is 25.0 Å². The number of carbonyl (C=O) groups is 12. The SMILES string of the molecule is CC(=O)OC[C@H]1O[C@H](O[C@@H]2[C@H](OC(C)=O)[C@@H](OC(C)=O)[C@H](O[C@H]3[C@H](OC(C)=O)[C@@H](OC(C)=O)[C@H](CC[C@@H](NC(=O)OC(C)(C)C)C(=O)OCC[Si](C)(C)C)O[C@@H]3COC(C)=O)O[C@@H]2COC(C)=O)[C@H](OC(C)=O)[C@@H](OC(C)=O)[C@H]1OC(C)=O. The number of hydrogen-bond donors (Lipinski definition) is 1. The van der Waals surface area contributed by atoms with Crippen molar-refractivity contribution in [3.05, 3.63) is 0 Å². The van der Waals surface area contributed by atoms with E-state index in [1.54, 1.807) is 20.8 Å². The van der Waals surface area contributed by atoms with Gasteiger partial charge in [-0.15, -0.1) is 0 Å². The zero-order valence-electron chi connectivity index (χ0n) is 49.5. The summed E-state index contributed by atoms with van der Waals surface area (Å²) in [6.07, 6.45) is -28.6. The monoisotopic (exact) mass is 1210 g/mol. The van der Waals surface area contributed by atoms with Gasteiger partial charge < -0.3 is 85.8 Å². The summed E-state index contributed by atoms with van der Waals surface area (Å²) in [6.45, 7) is 18.7. The number of alkyl carbamates (subject to hydrolysis) is 1. The maximum atomic E-state index is 13.7. The predicted octanol–water partition coefficient (Wildman–Crippen LogP) is 1.74. The quantitative estimate of drug-likeness (QED) is 0.0772. The summed E-state index contributed by atoms with van der Waals surface area (Å²) in [5.41, 5.74) is -0.995. The number of ether oxygens (including phenoxy) is 17. The first-order chi connectivity index (χ1) is 38.4. The molecule has 0 aromatic carbocycles. The summed E-state index contributed by atoms with van der Waals surface area (Å²) in [4.78, 5) is 155. The summed E-state index contributed by atoms with van der Waals surface area (Å²) >= 11 is 0. The van der Waals surface area contributed by atoms with Crippen LogP contribution in [0.4, 0.5) is 4.79 Å². The third-order valence-corrected chi connectivity index (χ3v) is 13.5. The van der Waals surface area contributed by atoms with Crippen LogP contribution < -0.4 is 5.32 Å². The molecule has 0 aliphatic carbocycles. The highest BCUT2D eigenvalue weighted by Crippen LogP contribution is 2.39. The lowest BCUT2D eigenvalue weighted by Crippen LogP contribution is -2.68.